The van der Waals surface area contributed by atoms with Crippen molar-refractivity contribution in [2.45, 2.75) is 40.7 Å². The fourth-order valence-corrected chi connectivity index (χ4v) is 3.64. The molecule has 1 unspecified atom stereocenters. The van der Waals surface area contributed by atoms with Crippen molar-refractivity contribution in [3.63, 3.8) is 0 Å². The molecule has 0 saturated carbocycles. The molecule has 15 heavy (non-hydrogen) atoms. The molecule has 0 aliphatic heterocycles. The molecule has 0 spiro atoms. The molecule has 0 saturated heterocycles. The van der Waals surface area contributed by atoms with E-state index in [1.54, 1.807) is 34.9 Å². The van der Waals surface area contributed by atoms with Gasteiger partial charge in [-0.15, -0.1) is 10.2 Å². The van der Waals surface area contributed by atoms with E-state index in [0.29, 0.717) is 11.3 Å². The summed E-state index contributed by atoms with van der Waals surface area (Å²) < 4.78 is 2.11. The van der Waals surface area contributed by atoms with Crippen molar-refractivity contribution in [2.75, 3.05) is 12.8 Å². The second-order valence-corrected chi connectivity index (χ2v) is 7.25. The number of nitrogens with zero attached hydrogens (tertiary/aromatic N) is 2. The molecule has 6 heteroatoms. The van der Waals surface area contributed by atoms with E-state index in [0.717, 1.165) is 15.2 Å². The minimum atomic E-state index is 0.537. The maximum Gasteiger partial charge on any atom is 0.175 e. The van der Waals surface area contributed by atoms with E-state index in [-0.39, 0.29) is 0 Å². The maximum absolute atomic E-state index is 4.14. The molecule has 0 aliphatic rings. The van der Waals surface area contributed by atoms with Crippen molar-refractivity contribution >= 4 is 34.9 Å². The summed E-state index contributed by atoms with van der Waals surface area (Å²) in [5.74, 6) is 0. The summed E-state index contributed by atoms with van der Waals surface area (Å²) in [5.41, 5.74) is 0. The topological polar surface area (TPSA) is 37.8 Å². The largest absolute Gasteiger partial charge is 0.313 e. The average Bonchev–Trinajstić information content (AvgIpc) is 2.62. The third-order valence-corrected chi connectivity index (χ3v) is 4.76. The van der Waals surface area contributed by atoms with Gasteiger partial charge >= 0.3 is 0 Å². The predicted molar refractivity (Wildman–Crippen MR) is 70.1 cm³/mol. The summed E-state index contributed by atoms with van der Waals surface area (Å²) in [4.78, 5) is 0. The Bertz CT molecular complexity index is 288. The van der Waals surface area contributed by atoms with Crippen LogP contribution in [0.1, 0.15) is 20.8 Å². The first-order valence-electron chi connectivity index (χ1n) is 4.89. The number of thioether (sulfide) groups is 2. The lowest BCUT2D eigenvalue weighted by molar-refractivity contribution is 0.589. The third-order valence-electron chi connectivity index (χ3n) is 1.68. The van der Waals surface area contributed by atoms with E-state index in [1.165, 1.54) is 0 Å². The monoisotopic (exact) mass is 263 g/mol. The quantitative estimate of drug-likeness (QED) is 0.799. The van der Waals surface area contributed by atoms with Crippen LogP contribution in [0.5, 0.6) is 0 Å². The summed E-state index contributed by atoms with van der Waals surface area (Å²) in [6, 6.07) is 0.546. The smallest absolute Gasteiger partial charge is 0.175 e. The summed E-state index contributed by atoms with van der Waals surface area (Å²) in [5, 5.41) is 12.2. The standard InChI is InChI=1S/C9H17N3S3/c1-6(2)10-5-7(3)14-9-12-11-8(13-4)15-9/h6-7,10H,5H2,1-4H3. The first-order valence-corrected chi connectivity index (χ1v) is 7.81. The van der Waals surface area contributed by atoms with Crippen molar-refractivity contribution in [1.29, 1.82) is 0 Å². The van der Waals surface area contributed by atoms with Gasteiger partial charge in [0.1, 0.15) is 0 Å². The molecule has 0 aromatic carbocycles. The van der Waals surface area contributed by atoms with E-state index < -0.39 is 0 Å². The van der Waals surface area contributed by atoms with E-state index >= 15 is 0 Å². The van der Waals surface area contributed by atoms with Crippen LogP contribution in [0.2, 0.25) is 0 Å². The van der Waals surface area contributed by atoms with Crippen LogP contribution in [0.3, 0.4) is 0 Å². The maximum atomic E-state index is 4.14. The molecule has 0 amide bonds. The fraction of sp³-hybridized carbons (Fsp3) is 0.778. The van der Waals surface area contributed by atoms with Crippen LogP contribution in [-0.4, -0.2) is 34.3 Å². The highest BCUT2D eigenvalue weighted by Gasteiger charge is 2.09. The zero-order valence-corrected chi connectivity index (χ0v) is 11.9. The second-order valence-electron chi connectivity index (χ2n) is 3.53. The molecule has 86 valence electrons. The van der Waals surface area contributed by atoms with E-state index in [4.69, 9.17) is 0 Å². The Morgan fingerprint density at radius 3 is 2.47 bits per heavy atom. The lowest BCUT2D eigenvalue weighted by Gasteiger charge is -2.12. The molecule has 1 N–H and O–H groups in total. The summed E-state index contributed by atoms with van der Waals surface area (Å²) in [6.07, 6.45) is 2.03. The van der Waals surface area contributed by atoms with Crippen LogP contribution in [0, 0.1) is 0 Å². The highest BCUT2D eigenvalue weighted by molar-refractivity contribution is 8.03. The highest BCUT2D eigenvalue weighted by atomic mass is 32.2. The molecule has 1 heterocycles. The normalized spacial score (nSPS) is 13.4. The molecule has 1 rings (SSSR count). The molecular weight excluding hydrogens is 246 g/mol. The Morgan fingerprint density at radius 1 is 1.27 bits per heavy atom. The number of nitrogens with one attached hydrogen (secondary N) is 1. The lowest BCUT2D eigenvalue weighted by Crippen LogP contribution is -2.28. The van der Waals surface area contributed by atoms with Gasteiger partial charge in [-0.05, 0) is 6.26 Å². The van der Waals surface area contributed by atoms with Crippen LogP contribution in [0.25, 0.3) is 0 Å². The van der Waals surface area contributed by atoms with Crippen LogP contribution < -0.4 is 5.32 Å². The van der Waals surface area contributed by atoms with Gasteiger partial charge < -0.3 is 5.32 Å². The summed E-state index contributed by atoms with van der Waals surface area (Å²) in [7, 11) is 0. The average molecular weight is 263 g/mol. The minimum Gasteiger partial charge on any atom is -0.313 e. The van der Waals surface area contributed by atoms with Crippen molar-refractivity contribution in [3.05, 3.63) is 0 Å². The van der Waals surface area contributed by atoms with Gasteiger partial charge in [-0.25, -0.2) is 0 Å². The van der Waals surface area contributed by atoms with E-state index in [1.807, 2.05) is 6.26 Å². The predicted octanol–water partition coefficient (Wildman–Crippen LogP) is 2.74. The molecule has 3 nitrogen and oxygen atoms in total. The van der Waals surface area contributed by atoms with Gasteiger partial charge in [-0.3, -0.25) is 0 Å². The van der Waals surface area contributed by atoms with Gasteiger partial charge in [0.15, 0.2) is 8.68 Å². The summed E-state index contributed by atoms with van der Waals surface area (Å²) in [6.45, 7) is 7.54. The van der Waals surface area contributed by atoms with Crippen molar-refractivity contribution in [2.24, 2.45) is 0 Å². The Kier molecular flexibility index (Phi) is 5.96. The van der Waals surface area contributed by atoms with Gasteiger partial charge in [0.05, 0.1) is 0 Å². The third kappa shape index (κ3) is 5.19. The van der Waals surface area contributed by atoms with Gasteiger partial charge in [-0.2, -0.15) is 0 Å². The zero-order chi connectivity index (χ0) is 11.3. The molecule has 0 radical (unpaired) electrons. The Hall–Kier alpha value is 0.220. The van der Waals surface area contributed by atoms with Gasteiger partial charge in [0, 0.05) is 17.8 Å². The summed E-state index contributed by atoms with van der Waals surface area (Å²) >= 11 is 5.11. The molecule has 1 aromatic rings. The van der Waals surface area contributed by atoms with Crippen molar-refractivity contribution in [3.8, 4) is 0 Å². The van der Waals surface area contributed by atoms with Crippen LogP contribution in [-0.2, 0) is 0 Å². The second kappa shape index (κ2) is 6.73. The van der Waals surface area contributed by atoms with Crippen molar-refractivity contribution in [1.82, 2.24) is 15.5 Å². The highest BCUT2D eigenvalue weighted by Crippen LogP contribution is 2.29. The van der Waals surface area contributed by atoms with Gasteiger partial charge in [0.25, 0.3) is 0 Å². The number of aromatic nitrogens is 2. The SMILES string of the molecule is CSc1nnc(SC(C)CNC(C)C)s1. The van der Waals surface area contributed by atoms with Crippen LogP contribution in [0.4, 0.5) is 0 Å². The number of hydrogen-bond donors (Lipinski definition) is 1. The Morgan fingerprint density at radius 2 is 1.93 bits per heavy atom. The molecule has 0 fully saturated rings. The van der Waals surface area contributed by atoms with E-state index in [9.17, 15) is 0 Å². The minimum absolute atomic E-state index is 0.537. The molecule has 0 bridgehead atoms. The van der Waals surface area contributed by atoms with Gasteiger partial charge in [0.2, 0.25) is 0 Å². The number of hydrogen-bond acceptors (Lipinski definition) is 6. The van der Waals surface area contributed by atoms with Crippen LogP contribution >= 0.6 is 34.9 Å². The van der Waals surface area contributed by atoms with Gasteiger partial charge in [-0.1, -0.05) is 55.6 Å². The fourth-order valence-electron chi connectivity index (χ4n) is 0.943. The molecule has 1 aromatic heterocycles. The Labute approximate surface area is 104 Å². The number of rotatable bonds is 6. The lowest BCUT2D eigenvalue weighted by atomic mass is 10.3. The zero-order valence-electron chi connectivity index (χ0n) is 9.48. The molecule has 1 atom stereocenters. The first kappa shape index (κ1) is 13.3. The molecule has 0 aliphatic carbocycles. The first-order chi connectivity index (χ1) is 7.11. The van der Waals surface area contributed by atoms with Crippen LogP contribution in [0.15, 0.2) is 8.68 Å². The van der Waals surface area contributed by atoms with Crippen molar-refractivity contribution < 1.29 is 0 Å². The van der Waals surface area contributed by atoms with E-state index in [2.05, 4.69) is 36.3 Å². The molecular formula is C9H17N3S3. The Balaban J connectivity index is 2.33.